The molecule has 0 aliphatic rings. The average molecular weight is 1270 g/mol. The smallest absolute Gasteiger partial charge is 0.200 e. The van der Waals surface area contributed by atoms with E-state index in [4.69, 9.17) is 0 Å². The van der Waals surface area contributed by atoms with Crippen LogP contribution in [0.25, 0.3) is 44.5 Å². The molecule has 0 aromatic heterocycles. The third-order valence-electron chi connectivity index (χ3n) is 12.8. The number of halogens is 36. The van der Waals surface area contributed by atoms with E-state index < -0.39 is 282 Å². The summed E-state index contributed by atoms with van der Waals surface area (Å²) in [5.41, 5.74) is -52.4. The zero-order chi connectivity index (χ0) is 64.2. The lowest BCUT2D eigenvalue weighted by Crippen LogP contribution is -2.80. The molecule has 0 bridgehead atoms. The van der Waals surface area contributed by atoms with Crippen LogP contribution < -0.4 is 21.9 Å². The minimum absolute atomic E-state index is 3.73. The van der Waals surface area contributed by atoms with Gasteiger partial charge in [0.05, 0.1) is 22.3 Å². The Morgan fingerprint density at radius 2 is 0.176 bits per heavy atom. The molecule has 0 fully saturated rings. The van der Waals surface area contributed by atoms with Crippen LogP contribution in [0.1, 0.15) is 0 Å². The second-order valence-corrected chi connectivity index (χ2v) is 16.8. The first-order valence-electron chi connectivity index (χ1n) is 21.0. The highest BCUT2D eigenvalue weighted by atomic mass is 19.2. The lowest BCUT2D eigenvalue weighted by molar-refractivity contribution is 0.379. The average Bonchev–Trinajstić information content (AvgIpc) is 1.07. The summed E-state index contributed by atoms with van der Waals surface area (Å²) in [4.78, 5) is 0. The van der Waals surface area contributed by atoms with E-state index in [1.807, 2.05) is 0 Å². The summed E-state index contributed by atoms with van der Waals surface area (Å²) < 4.78 is 582. The van der Waals surface area contributed by atoms with Gasteiger partial charge in [0, 0.05) is 0 Å². The van der Waals surface area contributed by atoms with Crippen LogP contribution in [0.5, 0.6) is 0 Å². The van der Waals surface area contributed by atoms with Crippen LogP contribution in [0, 0.1) is 209 Å². The van der Waals surface area contributed by atoms with Crippen LogP contribution in [0.3, 0.4) is 0 Å². The van der Waals surface area contributed by atoms with Gasteiger partial charge < -0.3 is 0 Å². The molecule has 0 aliphatic heterocycles. The first-order chi connectivity index (χ1) is 39.3. The van der Waals surface area contributed by atoms with Gasteiger partial charge in [-0.2, -0.15) is 0 Å². The Bertz CT molecular complexity index is 3710. The molecular weight excluding hydrogens is 1270 g/mol. The summed E-state index contributed by atoms with van der Waals surface area (Å²) in [6.45, 7) is 0. The molecule has 0 saturated carbocycles. The predicted octanol–water partition coefficient (Wildman–Crippen LogP) is 14.7. The number of hydrogen-bond acceptors (Lipinski definition) is 0. The minimum Gasteiger partial charge on any atom is -0.207 e. The Kier molecular flexibility index (Phi) is 15.3. The molecular formula is C48BF36-. The van der Waals surface area contributed by atoms with Gasteiger partial charge in [0.25, 0.3) is 0 Å². The molecule has 8 aromatic rings. The van der Waals surface area contributed by atoms with Crippen LogP contribution in [0.4, 0.5) is 158 Å². The molecule has 0 aliphatic carbocycles. The summed E-state index contributed by atoms with van der Waals surface area (Å²) in [6.07, 6.45) is -9.19. The first-order valence-corrected chi connectivity index (χ1v) is 21.0. The van der Waals surface area contributed by atoms with Gasteiger partial charge in [0.15, 0.2) is 163 Å². The van der Waals surface area contributed by atoms with Gasteiger partial charge in [0.2, 0.25) is 23.3 Å². The summed E-state index contributed by atoms with van der Waals surface area (Å²) in [7, 11) is 0. The second kappa shape index (κ2) is 20.8. The highest BCUT2D eigenvalue weighted by Gasteiger charge is 2.54. The maximum absolute atomic E-state index is 18.0. The van der Waals surface area contributed by atoms with Crippen molar-refractivity contribution in [1.29, 1.82) is 0 Å². The van der Waals surface area contributed by atoms with Crippen LogP contribution in [-0.2, 0) is 0 Å². The van der Waals surface area contributed by atoms with Crippen molar-refractivity contribution >= 4 is 28.0 Å². The number of benzene rings is 8. The molecule has 85 heavy (non-hydrogen) atoms. The molecule has 0 radical (unpaired) electrons. The standard InChI is InChI=1S/C48BF36/c50-13-1(5-17(54)33(70)45(82)34(71)18(5)55)9(25(62)41(78)29(13)66)49(10-2(14(51)30(67)42(79)26(10)63)6-19(56)35(72)46(83)36(73)20(6)57,11-3(15(52)31(68)43(80)27(11)64)7-21(58)37(74)47(84)38(75)22(7)59)12-4(16(53)32(69)44(81)28(12)65)8-23(60)39(76)48(85)40(77)24(8)61/q-1. The Morgan fingerprint density at radius 1 is 0.0941 bits per heavy atom. The molecule has 37 heteroatoms. The number of hydrogen-bond donors (Lipinski definition) is 0. The highest BCUT2D eigenvalue weighted by molar-refractivity contribution is 7.22. The Balaban J connectivity index is 2.08. The molecule has 0 saturated heterocycles. The molecule has 0 spiro atoms. The zero-order valence-corrected chi connectivity index (χ0v) is 38.2. The minimum atomic E-state index is -9.19. The maximum Gasteiger partial charge on any atom is 0.200 e. The van der Waals surface area contributed by atoms with Gasteiger partial charge in [0.1, 0.15) is 29.4 Å². The molecule has 0 N–H and O–H groups in total. The fourth-order valence-electron chi connectivity index (χ4n) is 9.36. The molecule has 0 atom stereocenters. The lowest BCUT2D eigenvalue weighted by Gasteiger charge is -2.49. The van der Waals surface area contributed by atoms with E-state index in [9.17, 15) is 17.6 Å². The molecule has 0 nitrogen and oxygen atoms in total. The van der Waals surface area contributed by atoms with Crippen molar-refractivity contribution in [1.82, 2.24) is 0 Å². The highest BCUT2D eigenvalue weighted by Crippen LogP contribution is 2.46. The summed E-state index contributed by atoms with van der Waals surface area (Å²) in [5.74, 6) is -151. The Labute approximate surface area is 439 Å². The quantitative estimate of drug-likeness (QED) is 0.0616. The van der Waals surface area contributed by atoms with Crippen molar-refractivity contribution in [3.63, 3.8) is 0 Å². The third kappa shape index (κ3) is 8.12. The van der Waals surface area contributed by atoms with E-state index in [2.05, 4.69) is 0 Å². The van der Waals surface area contributed by atoms with E-state index >= 15 is 140 Å². The van der Waals surface area contributed by atoms with Crippen molar-refractivity contribution in [2.75, 3.05) is 0 Å². The van der Waals surface area contributed by atoms with E-state index in [1.54, 1.807) is 0 Å². The van der Waals surface area contributed by atoms with Crippen molar-refractivity contribution in [3.8, 4) is 44.5 Å². The lowest BCUT2D eigenvalue weighted by atomic mass is 9.10. The summed E-state index contributed by atoms with van der Waals surface area (Å²) >= 11 is 0. The first kappa shape index (κ1) is 62.4. The van der Waals surface area contributed by atoms with Crippen molar-refractivity contribution in [2.24, 2.45) is 0 Å². The maximum atomic E-state index is 18.0. The largest absolute Gasteiger partial charge is 0.207 e. The van der Waals surface area contributed by atoms with E-state index in [0.29, 0.717) is 0 Å². The van der Waals surface area contributed by atoms with Gasteiger partial charge in [-0.05, 0) is 22.3 Å². The molecule has 0 unspecified atom stereocenters. The third-order valence-corrected chi connectivity index (χ3v) is 12.8. The van der Waals surface area contributed by atoms with Crippen LogP contribution in [-0.4, -0.2) is 6.15 Å². The predicted molar refractivity (Wildman–Crippen MR) is 210 cm³/mol. The van der Waals surface area contributed by atoms with Crippen molar-refractivity contribution in [2.45, 2.75) is 0 Å². The molecule has 8 aromatic carbocycles. The van der Waals surface area contributed by atoms with Gasteiger partial charge in [-0.3, -0.25) is 0 Å². The molecule has 0 amide bonds. The monoisotopic (exact) mass is 1270 g/mol. The number of rotatable bonds is 8. The van der Waals surface area contributed by atoms with Crippen molar-refractivity contribution < 1.29 is 158 Å². The van der Waals surface area contributed by atoms with Crippen molar-refractivity contribution in [3.05, 3.63) is 209 Å². The van der Waals surface area contributed by atoms with Crippen LogP contribution in [0.2, 0.25) is 0 Å². The second-order valence-electron chi connectivity index (χ2n) is 16.8. The van der Waals surface area contributed by atoms with E-state index in [0.717, 1.165) is 0 Å². The molecule has 448 valence electrons. The van der Waals surface area contributed by atoms with Crippen LogP contribution in [0.15, 0.2) is 0 Å². The molecule has 8 rings (SSSR count). The summed E-state index contributed by atoms with van der Waals surface area (Å²) in [5, 5.41) is 0. The fraction of sp³-hybridized carbons (Fsp3) is 0. The summed E-state index contributed by atoms with van der Waals surface area (Å²) in [6, 6.07) is 0. The van der Waals surface area contributed by atoms with Gasteiger partial charge in [-0.1, -0.05) is 0 Å². The zero-order valence-electron chi connectivity index (χ0n) is 38.2. The van der Waals surface area contributed by atoms with Crippen LogP contribution >= 0.6 is 0 Å². The fourth-order valence-corrected chi connectivity index (χ4v) is 9.36. The normalized spacial score (nSPS) is 12.0. The van der Waals surface area contributed by atoms with E-state index in [1.165, 1.54) is 0 Å². The Hall–Kier alpha value is -8.70. The SMILES string of the molecule is Fc1c(F)c(F)c(-c2c(F)c(F)c(F)c(F)c2[B-](c2c(F)c(F)c(F)c(F)c2-c2c(F)c(F)c(F)c(F)c2F)(c2c(F)c(F)c(F)c(F)c2-c2c(F)c(F)c(F)c(F)c2F)c2c(F)c(F)c(F)c(F)c2-c2c(F)c(F)c(F)c(F)c2F)c(F)c1F. The van der Waals surface area contributed by atoms with Gasteiger partial charge >= 0.3 is 0 Å². The molecule has 0 heterocycles. The Morgan fingerprint density at radius 3 is 0.294 bits per heavy atom. The topological polar surface area (TPSA) is 0 Å². The van der Waals surface area contributed by atoms with Gasteiger partial charge in [-0.15, -0.1) is 21.9 Å². The van der Waals surface area contributed by atoms with Gasteiger partial charge in [-0.25, -0.2) is 158 Å². The van der Waals surface area contributed by atoms with E-state index in [-0.39, 0.29) is 0 Å².